The maximum atomic E-state index is 13.4. The molecule has 0 fully saturated rings. The molecule has 0 heterocycles. The number of alkyl halides is 3. The fraction of sp³-hybridized carbons (Fsp3) is 0.0400. The van der Waals surface area contributed by atoms with Gasteiger partial charge >= 0.3 is 14.0 Å². The highest BCUT2D eigenvalue weighted by atomic mass is 31.2. The standard InChI is InChI=1S/C25H19F3NO6P/c26-25(27,28)23-16-18(29)14-15-24(23)31-21-12-7-13-22(17-21)34-36(30,33-20-10-5-2-6-11-20)35-32-19-8-3-1-4-9-19/h1-17H,29H2. The summed E-state index contributed by atoms with van der Waals surface area (Å²) < 4.78 is 75.1. The van der Waals surface area contributed by atoms with Gasteiger partial charge in [0.15, 0.2) is 5.75 Å². The Balaban J connectivity index is 1.57. The Morgan fingerprint density at radius 3 is 1.92 bits per heavy atom. The molecule has 0 saturated heterocycles. The summed E-state index contributed by atoms with van der Waals surface area (Å²) in [5.41, 5.74) is 4.38. The maximum Gasteiger partial charge on any atom is 0.625 e. The first-order chi connectivity index (χ1) is 17.2. The number of hydrogen-bond acceptors (Lipinski definition) is 7. The van der Waals surface area contributed by atoms with Crippen LogP contribution < -0.4 is 24.4 Å². The number of nitrogens with two attached hydrogens (primary N) is 1. The number of hydrogen-bond donors (Lipinski definition) is 1. The molecule has 0 saturated carbocycles. The minimum absolute atomic E-state index is 0.0296. The summed E-state index contributed by atoms with van der Waals surface area (Å²) >= 11 is 0. The number of halogens is 3. The van der Waals surface area contributed by atoms with Gasteiger partial charge in [0.1, 0.15) is 28.6 Å². The van der Waals surface area contributed by atoms with Crippen molar-refractivity contribution >= 4 is 13.5 Å². The van der Waals surface area contributed by atoms with Gasteiger partial charge in [-0.05, 0) is 54.6 Å². The molecule has 4 rings (SSSR count). The monoisotopic (exact) mass is 517 g/mol. The minimum atomic E-state index is -4.69. The van der Waals surface area contributed by atoms with Crippen LogP contribution in [0.15, 0.2) is 103 Å². The van der Waals surface area contributed by atoms with Crippen LogP contribution >= 0.6 is 7.82 Å². The second-order valence-electron chi connectivity index (χ2n) is 7.24. The van der Waals surface area contributed by atoms with E-state index in [1.54, 1.807) is 48.5 Å². The lowest BCUT2D eigenvalue weighted by Gasteiger charge is -2.18. The van der Waals surface area contributed by atoms with Gasteiger partial charge < -0.3 is 24.4 Å². The fourth-order valence-corrected chi connectivity index (χ4v) is 3.96. The van der Waals surface area contributed by atoms with E-state index < -0.39 is 25.3 Å². The molecule has 4 aromatic rings. The largest absolute Gasteiger partial charge is 0.625 e. The average Bonchev–Trinajstić information content (AvgIpc) is 2.85. The zero-order valence-corrected chi connectivity index (χ0v) is 19.3. The molecule has 4 aromatic carbocycles. The van der Waals surface area contributed by atoms with Gasteiger partial charge in [-0.3, -0.25) is 0 Å². The van der Waals surface area contributed by atoms with Gasteiger partial charge in [-0.15, -0.1) is 0 Å². The zero-order valence-electron chi connectivity index (χ0n) is 18.4. The van der Waals surface area contributed by atoms with Crippen molar-refractivity contribution in [2.45, 2.75) is 6.18 Å². The number of rotatable bonds is 9. The SMILES string of the molecule is Nc1ccc(Oc2cccc(OP(=O)(OOc3ccccc3)Oc3ccccc3)c2)c(C(F)(F)F)c1. The van der Waals surface area contributed by atoms with Crippen molar-refractivity contribution in [2.75, 3.05) is 5.73 Å². The van der Waals surface area contributed by atoms with E-state index in [0.29, 0.717) is 0 Å². The summed E-state index contributed by atoms with van der Waals surface area (Å²) in [6.07, 6.45) is -4.69. The van der Waals surface area contributed by atoms with Crippen molar-refractivity contribution in [1.82, 2.24) is 0 Å². The molecular weight excluding hydrogens is 498 g/mol. The molecule has 1 unspecified atom stereocenters. The predicted octanol–water partition coefficient (Wildman–Crippen LogP) is 7.66. The molecule has 2 N–H and O–H groups in total. The molecule has 0 spiro atoms. The van der Waals surface area contributed by atoms with E-state index in [-0.39, 0.29) is 28.7 Å². The van der Waals surface area contributed by atoms with E-state index in [0.717, 1.165) is 12.1 Å². The van der Waals surface area contributed by atoms with Gasteiger partial charge in [0, 0.05) is 11.8 Å². The number of phosphoric ester groups is 1. The van der Waals surface area contributed by atoms with E-state index >= 15 is 0 Å². The highest BCUT2D eigenvalue weighted by Crippen LogP contribution is 2.50. The normalized spacial score (nSPS) is 12.9. The van der Waals surface area contributed by atoms with Crippen molar-refractivity contribution in [3.8, 4) is 28.7 Å². The van der Waals surface area contributed by atoms with E-state index in [1.807, 2.05) is 0 Å². The van der Waals surface area contributed by atoms with Crippen LogP contribution in [0.2, 0.25) is 0 Å². The van der Waals surface area contributed by atoms with Gasteiger partial charge in [-0.2, -0.15) is 13.2 Å². The molecule has 7 nitrogen and oxygen atoms in total. The molecule has 11 heteroatoms. The Morgan fingerprint density at radius 2 is 1.25 bits per heavy atom. The molecule has 186 valence electrons. The van der Waals surface area contributed by atoms with Crippen molar-refractivity contribution in [3.05, 3.63) is 109 Å². The number of phosphoric acid groups is 1. The first kappa shape index (κ1) is 25.0. The van der Waals surface area contributed by atoms with Gasteiger partial charge in [0.05, 0.1) is 0 Å². The molecule has 0 aromatic heterocycles. The highest BCUT2D eigenvalue weighted by Gasteiger charge is 2.36. The summed E-state index contributed by atoms with van der Waals surface area (Å²) in [4.78, 5) is 5.12. The maximum absolute atomic E-state index is 13.4. The number of anilines is 1. The molecule has 36 heavy (non-hydrogen) atoms. The third-order valence-electron chi connectivity index (χ3n) is 4.49. The second-order valence-corrected chi connectivity index (χ2v) is 8.65. The highest BCUT2D eigenvalue weighted by molar-refractivity contribution is 7.49. The Kier molecular flexibility index (Phi) is 7.38. The third-order valence-corrected chi connectivity index (χ3v) is 5.61. The van der Waals surface area contributed by atoms with Gasteiger partial charge in [0.25, 0.3) is 0 Å². The minimum Gasteiger partial charge on any atom is -0.457 e. The smallest absolute Gasteiger partial charge is 0.457 e. The Labute approximate surface area is 204 Å². The lowest BCUT2D eigenvalue weighted by Crippen LogP contribution is -2.08. The molecule has 0 bridgehead atoms. The predicted molar refractivity (Wildman–Crippen MR) is 126 cm³/mol. The lowest BCUT2D eigenvalue weighted by molar-refractivity contribution is -0.138. The third kappa shape index (κ3) is 6.71. The van der Waals surface area contributed by atoms with Gasteiger partial charge in [-0.25, -0.2) is 4.57 Å². The zero-order chi connectivity index (χ0) is 25.6. The van der Waals surface area contributed by atoms with Crippen molar-refractivity contribution in [1.29, 1.82) is 0 Å². The molecule has 0 aliphatic heterocycles. The number of nitrogen functional groups attached to an aromatic ring is 1. The first-order valence-electron chi connectivity index (χ1n) is 10.4. The Morgan fingerprint density at radius 1 is 0.667 bits per heavy atom. The number of para-hydroxylation sites is 2. The molecule has 1 atom stereocenters. The number of ether oxygens (including phenoxy) is 1. The summed E-state index contributed by atoms with van der Waals surface area (Å²) in [7, 11) is -4.45. The lowest BCUT2D eigenvalue weighted by atomic mass is 10.1. The summed E-state index contributed by atoms with van der Waals surface area (Å²) in [5, 5.41) is 0. The molecule has 0 aliphatic carbocycles. The number of benzene rings is 4. The van der Waals surface area contributed by atoms with Crippen LogP contribution in [0.1, 0.15) is 5.56 Å². The van der Waals surface area contributed by atoms with Crippen LogP contribution in [-0.4, -0.2) is 0 Å². The molecule has 0 aliphatic rings. The van der Waals surface area contributed by atoms with Crippen molar-refractivity contribution in [3.63, 3.8) is 0 Å². The van der Waals surface area contributed by atoms with E-state index in [2.05, 4.69) is 0 Å². The van der Waals surface area contributed by atoms with Crippen molar-refractivity contribution < 1.29 is 41.1 Å². The van der Waals surface area contributed by atoms with Crippen LogP contribution in [0.4, 0.5) is 18.9 Å². The van der Waals surface area contributed by atoms with Crippen molar-refractivity contribution in [2.24, 2.45) is 0 Å². The van der Waals surface area contributed by atoms with Crippen LogP contribution in [0.3, 0.4) is 0 Å². The quantitative estimate of drug-likeness (QED) is 0.106. The van der Waals surface area contributed by atoms with Crippen LogP contribution in [0, 0.1) is 0 Å². The van der Waals surface area contributed by atoms with Gasteiger partial charge in [-0.1, -0.05) is 47.1 Å². The molecule has 0 amide bonds. The molecule has 0 radical (unpaired) electrons. The summed E-state index contributed by atoms with van der Waals surface area (Å²) in [6.45, 7) is 0. The summed E-state index contributed by atoms with van der Waals surface area (Å²) in [5.74, 6) is -0.175. The van der Waals surface area contributed by atoms with E-state index in [4.69, 9.17) is 29.1 Å². The van der Waals surface area contributed by atoms with Crippen LogP contribution in [0.5, 0.6) is 28.7 Å². The fourth-order valence-electron chi connectivity index (χ4n) is 2.93. The van der Waals surface area contributed by atoms with Crippen LogP contribution in [0.25, 0.3) is 0 Å². The van der Waals surface area contributed by atoms with E-state index in [9.17, 15) is 17.7 Å². The summed E-state index contributed by atoms with van der Waals surface area (Å²) in [6, 6.07) is 24.9. The second kappa shape index (κ2) is 10.6. The first-order valence-corrected chi connectivity index (χ1v) is 11.9. The van der Waals surface area contributed by atoms with E-state index in [1.165, 1.54) is 42.5 Å². The topological polar surface area (TPSA) is 89.2 Å². The van der Waals surface area contributed by atoms with Crippen LogP contribution in [-0.2, 0) is 15.4 Å². The van der Waals surface area contributed by atoms with Gasteiger partial charge in [0.2, 0.25) is 0 Å². The Bertz CT molecular complexity index is 1350. The molecular formula is C25H19F3NO6P. The Hall–Kier alpha value is -4.14. The average molecular weight is 517 g/mol.